The number of aryl methyl sites for hydroxylation is 1. The van der Waals surface area contributed by atoms with E-state index in [1.807, 2.05) is 31.2 Å². The van der Waals surface area contributed by atoms with Gasteiger partial charge in [-0.25, -0.2) is 8.42 Å². The molecule has 168 valence electrons. The lowest BCUT2D eigenvalue weighted by molar-refractivity contribution is -0.116. The van der Waals surface area contributed by atoms with Crippen molar-refractivity contribution in [3.8, 4) is 5.75 Å². The fourth-order valence-corrected chi connectivity index (χ4v) is 4.92. The summed E-state index contributed by atoms with van der Waals surface area (Å²) in [6.07, 6.45) is 0.920. The molecule has 1 N–H and O–H groups in total. The van der Waals surface area contributed by atoms with Crippen molar-refractivity contribution in [3.63, 3.8) is 0 Å². The Hall–Kier alpha value is -2.42. The minimum absolute atomic E-state index is 0.126. The first-order valence-electron chi connectivity index (χ1n) is 10.7. The second kappa shape index (κ2) is 10.7. The van der Waals surface area contributed by atoms with Crippen LogP contribution in [0.2, 0.25) is 0 Å². The number of anilines is 1. The highest BCUT2D eigenvalue weighted by Crippen LogP contribution is 2.20. The van der Waals surface area contributed by atoms with Gasteiger partial charge in [0.25, 0.3) is 0 Å². The van der Waals surface area contributed by atoms with Gasteiger partial charge >= 0.3 is 0 Å². The number of nitrogens with zero attached hydrogens (tertiary/aromatic N) is 2. The van der Waals surface area contributed by atoms with Crippen LogP contribution in [0.1, 0.15) is 25.3 Å². The predicted molar refractivity (Wildman–Crippen MR) is 122 cm³/mol. The number of amides is 1. The Balaban J connectivity index is 1.45. The van der Waals surface area contributed by atoms with Crippen molar-refractivity contribution in [1.82, 2.24) is 9.21 Å². The van der Waals surface area contributed by atoms with Gasteiger partial charge in [0.05, 0.1) is 11.5 Å². The summed E-state index contributed by atoms with van der Waals surface area (Å²) in [7, 11) is -3.51. The van der Waals surface area contributed by atoms with E-state index in [0.717, 1.165) is 30.9 Å². The molecule has 3 rings (SSSR count). The molecule has 1 saturated heterocycles. The molecule has 1 amide bonds. The summed E-state index contributed by atoms with van der Waals surface area (Å²) in [6, 6.07) is 14.2. The van der Waals surface area contributed by atoms with E-state index in [-0.39, 0.29) is 10.8 Å². The van der Waals surface area contributed by atoms with Crippen LogP contribution in [0.3, 0.4) is 0 Å². The molecule has 0 radical (unpaired) electrons. The summed E-state index contributed by atoms with van der Waals surface area (Å²) < 4.78 is 32.9. The Bertz CT molecular complexity index is 969. The summed E-state index contributed by atoms with van der Waals surface area (Å²) in [4.78, 5) is 14.7. The highest BCUT2D eigenvalue weighted by Gasteiger charge is 2.27. The smallest absolute Gasteiger partial charge is 0.243 e. The molecular formula is C23H31N3O4S. The van der Waals surface area contributed by atoms with Gasteiger partial charge in [-0.15, -0.1) is 0 Å². The standard InChI is InChI=1S/C23H31N3O4S/c1-3-25-13-15-26(16-14-25)31(28,29)22-11-9-20(10-12-22)24-23(27)8-5-17-30-21-7-4-6-19(2)18-21/h4,6-7,9-12,18H,3,5,8,13-17H2,1-2H3,(H,24,27). The fourth-order valence-electron chi connectivity index (χ4n) is 3.50. The van der Waals surface area contributed by atoms with Crippen molar-refractivity contribution < 1.29 is 17.9 Å². The molecule has 31 heavy (non-hydrogen) atoms. The Labute approximate surface area is 185 Å². The van der Waals surface area contributed by atoms with Crippen molar-refractivity contribution in [2.75, 3.05) is 44.6 Å². The average Bonchev–Trinajstić information content (AvgIpc) is 2.77. The molecule has 1 heterocycles. The molecule has 0 atom stereocenters. The van der Waals surface area contributed by atoms with Crippen LogP contribution in [0.25, 0.3) is 0 Å². The monoisotopic (exact) mass is 445 g/mol. The summed E-state index contributed by atoms with van der Waals surface area (Å²) in [5.41, 5.74) is 1.71. The van der Waals surface area contributed by atoms with Crippen molar-refractivity contribution in [1.29, 1.82) is 0 Å². The molecule has 0 aliphatic carbocycles. The summed E-state index contributed by atoms with van der Waals surface area (Å²) in [6.45, 7) is 7.96. The van der Waals surface area contributed by atoms with E-state index in [4.69, 9.17) is 4.74 Å². The SMILES string of the molecule is CCN1CCN(S(=O)(=O)c2ccc(NC(=O)CCCOc3cccc(C)c3)cc2)CC1. The number of piperazine rings is 1. The van der Waals surface area contributed by atoms with E-state index in [9.17, 15) is 13.2 Å². The van der Waals surface area contributed by atoms with Crippen LogP contribution in [0.15, 0.2) is 53.4 Å². The minimum atomic E-state index is -3.51. The molecule has 2 aromatic carbocycles. The van der Waals surface area contributed by atoms with E-state index in [0.29, 0.717) is 38.2 Å². The zero-order valence-electron chi connectivity index (χ0n) is 18.2. The quantitative estimate of drug-likeness (QED) is 0.600. The summed E-state index contributed by atoms with van der Waals surface area (Å²) in [5, 5.41) is 2.81. The highest BCUT2D eigenvalue weighted by atomic mass is 32.2. The summed E-state index contributed by atoms with van der Waals surface area (Å²) >= 11 is 0. The number of hydrogen-bond acceptors (Lipinski definition) is 5. The zero-order valence-corrected chi connectivity index (χ0v) is 19.0. The van der Waals surface area contributed by atoms with Gasteiger partial charge in [0.15, 0.2) is 0 Å². The molecule has 1 fully saturated rings. The van der Waals surface area contributed by atoms with Crippen LogP contribution in [0, 0.1) is 6.92 Å². The third-order valence-corrected chi connectivity index (χ3v) is 7.27. The van der Waals surface area contributed by atoms with Crippen molar-refractivity contribution in [3.05, 3.63) is 54.1 Å². The molecule has 0 spiro atoms. The van der Waals surface area contributed by atoms with Gasteiger partial charge in [-0.3, -0.25) is 4.79 Å². The van der Waals surface area contributed by atoms with Gasteiger partial charge in [-0.05, 0) is 61.9 Å². The van der Waals surface area contributed by atoms with E-state index < -0.39 is 10.0 Å². The van der Waals surface area contributed by atoms with Gasteiger partial charge in [-0.2, -0.15) is 4.31 Å². The number of nitrogens with one attached hydrogen (secondary N) is 1. The first kappa shape index (κ1) is 23.2. The number of carbonyl (C=O) groups excluding carboxylic acids is 1. The molecule has 2 aromatic rings. The molecule has 1 aliphatic rings. The van der Waals surface area contributed by atoms with E-state index in [1.165, 1.54) is 4.31 Å². The largest absolute Gasteiger partial charge is 0.494 e. The molecule has 0 unspecified atom stereocenters. The number of rotatable bonds is 9. The lowest BCUT2D eigenvalue weighted by atomic mass is 10.2. The zero-order chi connectivity index (χ0) is 22.3. The van der Waals surface area contributed by atoms with Crippen LogP contribution < -0.4 is 10.1 Å². The molecule has 7 nitrogen and oxygen atoms in total. The maximum Gasteiger partial charge on any atom is 0.243 e. The summed E-state index contributed by atoms with van der Waals surface area (Å²) in [5.74, 6) is 0.674. The number of sulfonamides is 1. The third kappa shape index (κ3) is 6.53. The Kier molecular flexibility index (Phi) is 8.06. The van der Waals surface area contributed by atoms with Crippen LogP contribution >= 0.6 is 0 Å². The fraction of sp³-hybridized carbons (Fsp3) is 0.435. The molecule has 0 saturated carbocycles. The van der Waals surface area contributed by atoms with Gasteiger partial charge in [-0.1, -0.05) is 19.1 Å². The minimum Gasteiger partial charge on any atom is -0.494 e. The number of carbonyl (C=O) groups is 1. The molecule has 0 bridgehead atoms. The van der Waals surface area contributed by atoms with Crippen LogP contribution in [0.5, 0.6) is 5.75 Å². The Morgan fingerprint density at radius 3 is 2.42 bits per heavy atom. The first-order valence-corrected chi connectivity index (χ1v) is 12.1. The van der Waals surface area contributed by atoms with E-state index in [2.05, 4.69) is 17.1 Å². The number of benzene rings is 2. The lowest BCUT2D eigenvalue weighted by Crippen LogP contribution is -2.48. The normalized spacial score (nSPS) is 15.5. The number of likely N-dealkylation sites (N-methyl/N-ethyl adjacent to an activating group) is 1. The second-order valence-electron chi connectivity index (χ2n) is 7.68. The van der Waals surface area contributed by atoms with Crippen LogP contribution in [0.4, 0.5) is 5.69 Å². The Morgan fingerprint density at radius 2 is 1.77 bits per heavy atom. The lowest BCUT2D eigenvalue weighted by Gasteiger charge is -2.33. The third-order valence-electron chi connectivity index (χ3n) is 5.36. The van der Waals surface area contributed by atoms with Crippen molar-refractivity contribution in [2.24, 2.45) is 0 Å². The van der Waals surface area contributed by atoms with Crippen LogP contribution in [-0.4, -0.2) is 62.9 Å². The average molecular weight is 446 g/mol. The highest BCUT2D eigenvalue weighted by molar-refractivity contribution is 7.89. The van der Waals surface area contributed by atoms with Crippen molar-refractivity contribution in [2.45, 2.75) is 31.6 Å². The van der Waals surface area contributed by atoms with Gasteiger partial charge < -0.3 is 15.0 Å². The predicted octanol–water partition coefficient (Wildman–Crippen LogP) is 3.12. The first-order chi connectivity index (χ1) is 14.9. The van der Waals surface area contributed by atoms with E-state index >= 15 is 0 Å². The topological polar surface area (TPSA) is 79.0 Å². The van der Waals surface area contributed by atoms with Gasteiger partial charge in [0.2, 0.25) is 15.9 Å². The number of hydrogen-bond donors (Lipinski definition) is 1. The van der Waals surface area contributed by atoms with Gasteiger partial charge in [0, 0.05) is 38.3 Å². The molecule has 0 aromatic heterocycles. The van der Waals surface area contributed by atoms with Crippen LogP contribution in [-0.2, 0) is 14.8 Å². The molecular weight excluding hydrogens is 414 g/mol. The van der Waals surface area contributed by atoms with Crippen molar-refractivity contribution >= 4 is 21.6 Å². The van der Waals surface area contributed by atoms with E-state index in [1.54, 1.807) is 24.3 Å². The molecule has 8 heteroatoms. The maximum absolute atomic E-state index is 12.8. The van der Waals surface area contributed by atoms with Gasteiger partial charge in [0.1, 0.15) is 5.75 Å². The molecule has 1 aliphatic heterocycles. The second-order valence-corrected chi connectivity index (χ2v) is 9.62. The maximum atomic E-state index is 12.8. The Morgan fingerprint density at radius 1 is 1.06 bits per heavy atom. The number of ether oxygens (including phenoxy) is 1.